The molecule has 5 nitrogen and oxygen atoms in total. The minimum atomic E-state index is -0.102. The van der Waals surface area contributed by atoms with Gasteiger partial charge in [0.05, 0.1) is 11.4 Å². The second kappa shape index (κ2) is 8.08. The van der Waals surface area contributed by atoms with Crippen molar-refractivity contribution in [3.05, 3.63) is 22.7 Å². The van der Waals surface area contributed by atoms with Crippen LogP contribution in [0.3, 0.4) is 0 Å². The van der Waals surface area contributed by atoms with E-state index >= 15 is 0 Å². The first kappa shape index (κ1) is 19.9. The molecule has 0 radical (unpaired) electrons. The molecule has 1 aromatic carbocycles. The van der Waals surface area contributed by atoms with Crippen molar-refractivity contribution in [1.29, 1.82) is 0 Å². The van der Waals surface area contributed by atoms with Gasteiger partial charge in [-0.15, -0.1) is 12.4 Å². The molecule has 0 bridgehead atoms. The normalized spacial score (nSPS) is 13.3. The molecular weight excluding hydrogens is 339 g/mol. The van der Waals surface area contributed by atoms with Gasteiger partial charge < -0.3 is 20.1 Å². The quantitative estimate of drug-likeness (QED) is 0.873. The third kappa shape index (κ3) is 5.16. The van der Waals surface area contributed by atoms with Gasteiger partial charge in [0.1, 0.15) is 13.2 Å². The Kier molecular flexibility index (Phi) is 6.99. The van der Waals surface area contributed by atoms with Crippen LogP contribution >= 0.6 is 24.0 Å². The summed E-state index contributed by atoms with van der Waals surface area (Å²) in [6.45, 7) is 6.20. The van der Waals surface area contributed by atoms with Gasteiger partial charge in [0.2, 0.25) is 5.91 Å². The van der Waals surface area contributed by atoms with Crippen LogP contribution in [0.15, 0.2) is 12.1 Å². The summed E-state index contributed by atoms with van der Waals surface area (Å²) in [5.74, 6) is 1.18. The molecule has 0 fully saturated rings. The number of carbonyl (C=O) groups is 1. The van der Waals surface area contributed by atoms with Crippen molar-refractivity contribution >= 4 is 29.9 Å². The predicted octanol–water partition coefficient (Wildman–Crippen LogP) is 2.52. The molecular formula is C16H24Cl2N2O3. The predicted molar refractivity (Wildman–Crippen MR) is 93.9 cm³/mol. The number of likely N-dealkylation sites (N-methyl/N-ethyl adjacent to an activating group) is 1. The van der Waals surface area contributed by atoms with Gasteiger partial charge in [-0.05, 0) is 29.7 Å². The third-order valence-corrected chi connectivity index (χ3v) is 3.94. The smallest absolute Gasteiger partial charge is 0.226 e. The summed E-state index contributed by atoms with van der Waals surface area (Å²) in [4.78, 5) is 14.1. The van der Waals surface area contributed by atoms with E-state index in [0.29, 0.717) is 42.8 Å². The van der Waals surface area contributed by atoms with Gasteiger partial charge in [-0.1, -0.05) is 25.4 Å². The molecule has 7 heteroatoms. The van der Waals surface area contributed by atoms with Crippen LogP contribution in [0.4, 0.5) is 0 Å². The maximum Gasteiger partial charge on any atom is 0.226 e. The van der Waals surface area contributed by atoms with Crippen LogP contribution < -0.4 is 15.2 Å². The molecule has 0 saturated carbocycles. The summed E-state index contributed by atoms with van der Waals surface area (Å²) in [7, 11) is 1.79. The fourth-order valence-corrected chi connectivity index (χ4v) is 2.66. The molecule has 0 spiro atoms. The lowest BCUT2D eigenvalue weighted by Crippen LogP contribution is -2.40. The summed E-state index contributed by atoms with van der Waals surface area (Å²) in [5.41, 5.74) is 6.43. The van der Waals surface area contributed by atoms with Crippen molar-refractivity contribution in [3.63, 3.8) is 0 Å². The highest BCUT2D eigenvalue weighted by atomic mass is 35.5. The maximum absolute atomic E-state index is 12.4. The minimum Gasteiger partial charge on any atom is -0.486 e. The van der Waals surface area contributed by atoms with Gasteiger partial charge >= 0.3 is 0 Å². The van der Waals surface area contributed by atoms with Crippen molar-refractivity contribution < 1.29 is 14.3 Å². The van der Waals surface area contributed by atoms with Crippen LogP contribution in [0.5, 0.6) is 11.5 Å². The molecule has 2 N–H and O–H groups in total. The second-order valence-corrected chi connectivity index (χ2v) is 6.80. The number of ether oxygens (including phenoxy) is 2. The Morgan fingerprint density at radius 3 is 2.65 bits per heavy atom. The molecule has 1 aromatic rings. The van der Waals surface area contributed by atoms with Crippen LogP contribution in [-0.2, 0) is 11.2 Å². The molecule has 23 heavy (non-hydrogen) atoms. The van der Waals surface area contributed by atoms with E-state index in [9.17, 15) is 4.79 Å². The van der Waals surface area contributed by atoms with Crippen molar-refractivity contribution in [2.75, 3.05) is 33.4 Å². The summed E-state index contributed by atoms with van der Waals surface area (Å²) in [6, 6.07) is 3.58. The fourth-order valence-electron chi connectivity index (χ4n) is 2.37. The number of amides is 1. The summed E-state index contributed by atoms with van der Waals surface area (Å²) in [6.07, 6.45) is 0.271. The zero-order valence-corrected chi connectivity index (χ0v) is 15.3. The van der Waals surface area contributed by atoms with Crippen molar-refractivity contribution in [2.24, 2.45) is 11.1 Å². The van der Waals surface area contributed by atoms with Crippen LogP contribution in [0, 0.1) is 5.41 Å². The van der Waals surface area contributed by atoms with Crippen molar-refractivity contribution in [2.45, 2.75) is 20.3 Å². The van der Waals surface area contributed by atoms with Crippen LogP contribution in [0.25, 0.3) is 0 Å². The SMILES string of the molecule is CN(CC(C)(C)CN)C(=O)Cc1cc(Cl)c2c(c1)OCCO2.Cl. The Morgan fingerprint density at radius 2 is 2.00 bits per heavy atom. The zero-order chi connectivity index (χ0) is 16.3. The number of hydrogen-bond donors (Lipinski definition) is 1. The molecule has 0 saturated heterocycles. The van der Waals surface area contributed by atoms with Crippen LogP contribution in [0.2, 0.25) is 5.02 Å². The largest absolute Gasteiger partial charge is 0.486 e. The topological polar surface area (TPSA) is 64.8 Å². The number of rotatable bonds is 5. The monoisotopic (exact) mass is 362 g/mol. The number of benzene rings is 1. The molecule has 0 aromatic heterocycles. The number of fused-ring (bicyclic) bond motifs is 1. The molecule has 1 aliphatic rings. The highest BCUT2D eigenvalue weighted by Gasteiger charge is 2.22. The van der Waals surface area contributed by atoms with Gasteiger partial charge in [0.25, 0.3) is 0 Å². The molecule has 0 aliphatic carbocycles. The Bertz CT molecular complexity index is 565. The van der Waals surface area contributed by atoms with E-state index < -0.39 is 0 Å². The lowest BCUT2D eigenvalue weighted by molar-refractivity contribution is -0.130. The Morgan fingerprint density at radius 1 is 1.35 bits per heavy atom. The Balaban J connectivity index is 0.00000264. The molecule has 1 heterocycles. The summed E-state index contributed by atoms with van der Waals surface area (Å²) >= 11 is 6.19. The summed E-state index contributed by atoms with van der Waals surface area (Å²) in [5, 5.41) is 0.477. The van der Waals surface area contributed by atoms with E-state index in [1.165, 1.54) is 0 Å². The Hall–Kier alpha value is -1.17. The summed E-state index contributed by atoms with van der Waals surface area (Å²) < 4.78 is 11.0. The second-order valence-electron chi connectivity index (χ2n) is 6.40. The van der Waals surface area contributed by atoms with Gasteiger partial charge in [0.15, 0.2) is 11.5 Å². The molecule has 1 aliphatic heterocycles. The number of halogens is 2. The lowest BCUT2D eigenvalue weighted by Gasteiger charge is -2.29. The lowest BCUT2D eigenvalue weighted by atomic mass is 9.93. The van der Waals surface area contributed by atoms with E-state index in [4.69, 9.17) is 26.8 Å². The number of carbonyl (C=O) groups excluding carboxylic acids is 1. The zero-order valence-electron chi connectivity index (χ0n) is 13.7. The minimum absolute atomic E-state index is 0. The fraction of sp³-hybridized carbons (Fsp3) is 0.562. The maximum atomic E-state index is 12.4. The first-order valence-electron chi connectivity index (χ1n) is 7.34. The highest BCUT2D eigenvalue weighted by molar-refractivity contribution is 6.32. The van der Waals surface area contributed by atoms with Crippen molar-refractivity contribution in [3.8, 4) is 11.5 Å². The van der Waals surface area contributed by atoms with E-state index in [1.807, 2.05) is 19.9 Å². The third-order valence-electron chi connectivity index (χ3n) is 3.66. The van der Waals surface area contributed by atoms with Gasteiger partial charge in [0, 0.05) is 13.6 Å². The first-order chi connectivity index (χ1) is 10.3. The van der Waals surface area contributed by atoms with Crippen LogP contribution in [0.1, 0.15) is 19.4 Å². The van der Waals surface area contributed by atoms with E-state index in [2.05, 4.69) is 0 Å². The number of nitrogens with zero attached hydrogens (tertiary/aromatic N) is 1. The average molecular weight is 363 g/mol. The number of nitrogens with two attached hydrogens (primary N) is 1. The molecule has 1 amide bonds. The average Bonchev–Trinajstić information content (AvgIpc) is 2.47. The van der Waals surface area contributed by atoms with Gasteiger partial charge in [-0.3, -0.25) is 4.79 Å². The Labute approximate surface area is 148 Å². The standard InChI is InChI=1S/C16H23ClN2O3.ClH/c1-16(2,9-18)10-19(3)14(20)8-11-6-12(17)15-13(7-11)21-4-5-22-15;/h6-7H,4-5,8-10,18H2,1-3H3;1H. The van der Waals surface area contributed by atoms with Crippen molar-refractivity contribution in [1.82, 2.24) is 4.90 Å². The molecule has 0 atom stereocenters. The van der Waals surface area contributed by atoms with Crippen LogP contribution in [-0.4, -0.2) is 44.2 Å². The van der Waals surface area contributed by atoms with Gasteiger partial charge in [-0.2, -0.15) is 0 Å². The first-order valence-corrected chi connectivity index (χ1v) is 7.72. The molecule has 130 valence electrons. The number of hydrogen-bond acceptors (Lipinski definition) is 4. The van der Waals surface area contributed by atoms with E-state index in [0.717, 1.165) is 5.56 Å². The highest BCUT2D eigenvalue weighted by Crippen LogP contribution is 2.38. The molecule has 0 unspecified atom stereocenters. The van der Waals surface area contributed by atoms with E-state index in [1.54, 1.807) is 18.0 Å². The van der Waals surface area contributed by atoms with Gasteiger partial charge in [-0.25, -0.2) is 0 Å². The van der Waals surface area contributed by atoms with E-state index in [-0.39, 0.29) is 30.2 Å². The molecule has 2 rings (SSSR count).